The number of nitrogens with one attached hydrogen (secondary N) is 1. The van der Waals surface area contributed by atoms with Crippen LogP contribution >= 0.6 is 0 Å². The Labute approximate surface area is 343 Å². The van der Waals surface area contributed by atoms with Crippen LogP contribution < -0.4 is 10.1 Å². The highest BCUT2D eigenvalue weighted by atomic mass is 16.7. The molecule has 0 aromatic heterocycles. The number of nitrogens with zero attached hydrogens (tertiary/aromatic N) is 1. The lowest BCUT2D eigenvalue weighted by Crippen LogP contribution is -2.46. The number of methoxy groups -OCH3 is 1. The third kappa shape index (κ3) is 8.70. The molecular weight excluding hydrogens is 760 g/mol. The van der Waals surface area contributed by atoms with Gasteiger partial charge in [0.2, 0.25) is 0 Å². The molecule has 14 nitrogen and oxygen atoms in total. The number of fused-ring (bicyclic) bond motifs is 14. The number of phenols is 3. The molecule has 0 radical (unpaired) electrons. The minimum atomic E-state index is -2.05. The molecule has 3 aromatic carbocycles. The van der Waals surface area contributed by atoms with Gasteiger partial charge in [0, 0.05) is 67.4 Å². The summed E-state index contributed by atoms with van der Waals surface area (Å²) < 4.78 is 23.6. The minimum absolute atomic E-state index is 0.0441. The van der Waals surface area contributed by atoms with Crippen molar-refractivity contribution in [3.8, 4) is 23.0 Å². The van der Waals surface area contributed by atoms with Gasteiger partial charge < -0.3 is 49.8 Å². The van der Waals surface area contributed by atoms with E-state index in [1.54, 1.807) is 52.0 Å². The lowest BCUT2D eigenvalue weighted by Gasteiger charge is -2.38. The molecule has 6 N–H and O–H groups in total. The second-order valence-corrected chi connectivity index (χ2v) is 15.7. The van der Waals surface area contributed by atoms with Gasteiger partial charge in [-0.15, -0.1) is 0 Å². The van der Waals surface area contributed by atoms with Gasteiger partial charge in [0.25, 0.3) is 11.7 Å². The number of aryl methyl sites for hydroxylation is 1. The van der Waals surface area contributed by atoms with Crippen LogP contribution in [0.3, 0.4) is 0 Å². The Morgan fingerprint density at radius 3 is 2.19 bits per heavy atom. The fourth-order valence-electron chi connectivity index (χ4n) is 7.64. The monoisotopic (exact) mass is 814 g/mol. The van der Waals surface area contributed by atoms with Crippen LogP contribution in [-0.2, 0) is 23.8 Å². The average Bonchev–Trinajstić information content (AvgIpc) is 3.46. The van der Waals surface area contributed by atoms with Gasteiger partial charge in [-0.2, -0.15) is 0 Å². The van der Waals surface area contributed by atoms with Crippen molar-refractivity contribution >= 4 is 46.0 Å². The lowest BCUT2D eigenvalue weighted by atomic mass is 9.78. The Morgan fingerprint density at radius 2 is 1.56 bits per heavy atom. The zero-order valence-corrected chi connectivity index (χ0v) is 34.9. The van der Waals surface area contributed by atoms with E-state index in [1.165, 1.54) is 59.4 Å². The fourth-order valence-corrected chi connectivity index (χ4v) is 7.64. The Kier molecular flexibility index (Phi) is 13.3. The molecule has 3 aliphatic heterocycles. The van der Waals surface area contributed by atoms with Crippen LogP contribution in [0.4, 0.5) is 11.4 Å². The number of carbonyl (C=O) groups excluding carboxylic acids is 3. The molecule has 0 fully saturated rings. The summed E-state index contributed by atoms with van der Waals surface area (Å²) in [5, 5.41) is 60.4. The molecule has 3 aromatic rings. The number of ketones is 1. The summed E-state index contributed by atoms with van der Waals surface area (Å²) in [6.45, 7) is 14.4. The molecule has 3 aliphatic rings. The van der Waals surface area contributed by atoms with Gasteiger partial charge in [0.1, 0.15) is 23.4 Å². The quantitative estimate of drug-likeness (QED) is 0.0694. The van der Waals surface area contributed by atoms with E-state index in [0.29, 0.717) is 5.69 Å². The summed E-state index contributed by atoms with van der Waals surface area (Å²) >= 11 is 0. The van der Waals surface area contributed by atoms with Crippen LogP contribution in [0, 0.1) is 37.5 Å². The predicted molar refractivity (Wildman–Crippen MR) is 222 cm³/mol. The number of phenolic OH excluding ortho intramolecular Hbond substituents is 3. The van der Waals surface area contributed by atoms with E-state index in [2.05, 4.69) is 10.3 Å². The zero-order chi connectivity index (χ0) is 43.7. The van der Waals surface area contributed by atoms with Crippen molar-refractivity contribution in [2.75, 3.05) is 12.4 Å². The minimum Gasteiger partial charge on any atom is -0.507 e. The predicted octanol–water partition coefficient (Wildman–Crippen LogP) is 6.81. The molecular formula is C45H54N2O12. The molecule has 0 saturated heterocycles. The number of amides is 1. The number of allylic oxidation sites excluding steroid dienone is 2. The lowest BCUT2D eigenvalue weighted by molar-refractivity contribution is -0.160. The third-order valence-corrected chi connectivity index (χ3v) is 11.4. The van der Waals surface area contributed by atoms with Gasteiger partial charge in [-0.1, -0.05) is 63.6 Å². The first-order valence-corrected chi connectivity index (χ1v) is 19.4. The van der Waals surface area contributed by atoms with Gasteiger partial charge >= 0.3 is 11.8 Å². The number of rotatable bonds is 4. The van der Waals surface area contributed by atoms with Gasteiger partial charge in [-0.3, -0.25) is 19.4 Å². The molecule has 316 valence electrons. The number of Topliss-reactive ketones (excluding diaryl/α,β-unsaturated/α-hetero) is 1. The number of esters is 1. The van der Waals surface area contributed by atoms with E-state index in [-0.39, 0.29) is 44.5 Å². The number of benzene rings is 3. The number of aliphatic hydroxyl groups excluding tert-OH is 2. The van der Waals surface area contributed by atoms with Crippen molar-refractivity contribution in [1.29, 1.82) is 0 Å². The SMILES string of the molecule is COC1/C=C/OC2(C)Oc3c(C)c(O)c4c(O)c(c(C=Nc5ccc(C)cc5)c(O)c4c3C2=O)NC(=O)C(C)=C/C=C/C(C)C(O)C(C)C(O)C(C)C(OC(C)=O)C1C. The average molecular weight is 815 g/mol. The van der Waals surface area contributed by atoms with Crippen molar-refractivity contribution in [2.24, 2.45) is 28.7 Å². The van der Waals surface area contributed by atoms with E-state index in [1.807, 2.05) is 19.1 Å². The maximum Gasteiger partial charge on any atom is 0.312 e. The molecule has 5 bridgehead atoms. The Balaban J connectivity index is 1.73. The van der Waals surface area contributed by atoms with Crippen molar-refractivity contribution in [3.05, 3.63) is 82.7 Å². The first-order valence-electron chi connectivity index (χ1n) is 19.4. The van der Waals surface area contributed by atoms with Crippen LogP contribution in [0.2, 0.25) is 0 Å². The van der Waals surface area contributed by atoms with E-state index in [0.717, 1.165) is 5.56 Å². The van der Waals surface area contributed by atoms with Gasteiger partial charge in [0.05, 0.1) is 52.5 Å². The number of hydrogen-bond acceptors (Lipinski definition) is 13. The van der Waals surface area contributed by atoms with Crippen molar-refractivity contribution < 1.29 is 58.9 Å². The van der Waals surface area contributed by atoms with Crippen LogP contribution in [0.25, 0.3) is 10.8 Å². The van der Waals surface area contributed by atoms with Crippen LogP contribution in [-0.4, -0.2) is 86.7 Å². The Morgan fingerprint density at radius 1 is 0.898 bits per heavy atom. The summed E-state index contributed by atoms with van der Waals surface area (Å²) in [6.07, 6.45) is 4.74. The van der Waals surface area contributed by atoms with Crippen LogP contribution in [0.5, 0.6) is 23.0 Å². The second-order valence-electron chi connectivity index (χ2n) is 15.7. The van der Waals surface area contributed by atoms with Crippen molar-refractivity contribution in [1.82, 2.24) is 0 Å². The maximum absolute atomic E-state index is 14.4. The van der Waals surface area contributed by atoms with E-state index >= 15 is 0 Å². The summed E-state index contributed by atoms with van der Waals surface area (Å²) in [7, 11) is 1.43. The number of hydrogen-bond donors (Lipinski definition) is 6. The van der Waals surface area contributed by atoms with Crippen LogP contribution in [0.1, 0.15) is 75.5 Å². The first-order chi connectivity index (χ1) is 27.7. The highest BCUT2D eigenvalue weighted by Gasteiger charge is 2.50. The van der Waals surface area contributed by atoms with E-state index in [4.69, 9.17) is 18.9 Å². The number of ether oxygens (including phenoxy) is 4. The molecule has 3 heterocycles. The molecule has 6 rings (SSSR count). The molecule has 14 heteroatoms. The number of anilines is 1. The maximum atomic E-state index is 14.4. The van der Waals surface area contributed by atoms with E-state index in [9.17, 15) is 39.9 Å². The molecule has 0 aliphatic carbocycles. The standard InChI is InChI=1S/C45H54N2O12/c1-21-14-16-29(17-15-21)46-20-30-35-40(53)33-32(39(30)52)34-42(27(7)38(33)51)59-45(9,43(34)54)57-19-18-31(56-10)24(4)41(58-28(8)48)26(6)37(50)25(5)36(49)22(2)12-11-13-23(3)44(55)47-35/h11-20,22,24-26,31,36-37,41,49-53H,1-10H3,(H,47,55)/b12-11+,19-18+,23-13?,46-20?. The summed E-state index contributed by atoms with van der Waals surface area (Å²) in [4.78, 5) is 44.9. The fraction of sp³-hybridized carbons (Fsp3) is 0.422. The molecule has 1 amide bonds. The Hall–Kier alpha value is -5.70. The Bertz CT molecular complexity index is 2240. The summed E-state index contributed by atoms with van der Waals surface area (Å²) in [6, 6.07) is 7.12. The molecule has 0 saturated carbocycles. The van der Waals surface area contributed by atoms with E-state index < -0.39 is 88.8 Å². The third-order valence-electron chi connectivity index (χ3n) is 11.4. The summed E-state index contributed by atoms with van der Waals surface area (Å²) in [5.74, 6) is -8.49. The van der Waals surface area contributed by atoms with Gasteiger partial charge in [0.15, 0.2) is 5.75 Å². The second kappa shape index (κ2) is 17.7. The molecule has 9 atom stereocenters. The van der Waals surface area contributed by atoms with Crippen LogP contribution in [0.15, 0.2) is 65.4 Å². The normalized spacial score (nSPS) is 29.2. The molecule has 0 spiro atoms. The number of aliphatic hydroxyl groups is 2. The smallest absolute Gasteiger partial charge is 0.312 e. The first kappa shape index (κ1) is 44.4. The van der Waals surface area contributed by atoms with Gasteiger partial charge in [-0.05, 0) is 39.0 Å². The van der Waals surface area contributed by atoms with Crippen molar-refractivity contribution in [2.45, 2.75) is 92.5 Å². The summed E-state index contributed by atoms with van der Waals surface area (Å²) in [5.41, 5.74) is 0.994. The number of aliphatic imine (C=N–C) groups is 1. The highest BCUT2D eigenvalue weighted by Crippen LogP contribution is 2.55. The molecule has 9 unspecified atom stereocenters. The molecule has 59 heavy (non-hydrogen) atoms. The topological polar surface area (TPSA) is 214 Å². The largest absolute Gasteiger partial charge is 0.507 e. The number of aromatic hydroxyl groups is 3. The highest BCUT2D eigenvalue weighted by molar-refractivity contribution is 6.24. The number of carbonyl (C=O) groups is 3. The van der Waals surface area contributed by atoms with Crippen molar-refractivity contribution in [3.63, 3.8) is 0 Å². The van der Waals surface area contributed by atoms with Gasteiger partial charge in [-0.25, -0.2) is 0 Å². The zero-order valence-electron chi connectivity index (χ0n) is 34.9.